The van der Waals surface area contributed by atoms with Crippen LogP contribution >= 0.6 is 37.2 Å². The highest BCUT2D eigenvalue weighted by Crippen LogP contribution is 2.19. The van der Waals surface area contributed by atoms with Crippen LogP contribution in [0.1, 0.15) is 13.8 Å². The molecule has 0 amide bonds. The average molecular weight is 354 g/mol. The summed E-state index contributed by atoms with van der Waals surface area (Å²) in [6.45, 7) is 3.77. The SMILES string of the molecule is CC1OC(=O)C1C.II. The second-order valence-electron chi connectivity index (χ2n) is 1.93. The maximum atomic E-state index is 10.2. The van der Waals surface area contributed by atoms with E-state index in [-0.39, 0.29) is 18.0 Å². The van der Waals surface area contributed by atoms with Crippen LogP contribution in [0.25, 0.3) is 0 Å². The first-order valence-corrected chi connectivity index (χ1v) is 8.85. The lowest BCUT2D eigenvalue weighted by Crippen LogP contribution is -2.40. The summed E-state index contributed by atoms with van der Waals surface area (Å²) in [5, 5.41) is 0. The molecule has 0 spiro atoms. The molecule has 1 rings (SSSR count). The standard InChI is InChI=1S/C5H8O2.I2/c1-3-4(2)7-5(3)6;1-2/h3-4H,1-2H3;. The van der Waals surface area contributed by atoms with Crippen LogP contribution < -0.4 is 0 Å². The minimum Gasteiger partial charge on any atom is -0.461 e. The summed E-state index contributed by atoms with van der Waals surface area (Å²) in [6.07, 6.45) is 0.160. The number of cyclic esters (lactones) is 1. The Kier molecular flexibility index (Phi) is 5.19. The molecule has 1 aliphatic heterocycles. The summed E-state index contributed by atoms with van der Waals surface area (Å²) in [7, 11) is 0. The molecule has 1 saturated heterocycles. The molecule has 1 heterocycles. The van der Waals surface area contributed by atoms with Gasteiger partial charge in [-0.1, -0.05) is 0 Å². The molecule has 54 valence electrons. The van der Waals surface area contributed by atoms with Crippen LogP contribution in [0.5, 0.6) is 0 Å². The Morgan fingerprint density at radius 3 is 1.89 bits per heavy atom. The predicted octanol–water partition coefficient (Wildman–Crippen LogP) is 2.34. The molecule has 2 unspecified atom stereocenters. The monoisotopic (exact) mass is 354 g/mol. The zero-order valence-electron chi connectivity index (χ0n) is 5.23. The summed E-state index contributed by atoms with van der Waals surface area (Å²) in [4.78, 5) is 10.2. The van der Waals surface area contributed by atoms with Crippen LogP contribution in [0.2, 0.25) is 0 Å². The van der Waals surface area contributed by atoms with E-state index in [0.717, 1.165) is 0 Å². The molecule has 0 aromatic heterocycles. The van der Waals surface area contributed by atoms with E-state index in [1.807, 2.05) is 13.8 Å². The zero-order chi connectivity index (χ0) is 7.44. The molecule has 4 heteroatoms. The Bertz CT molecular complexity index is 105. The van der Waals surface area contributed by atoms with Crippen LogP contribution in [0, 0.1) is 5.92 Å². The second-order valence-corrected chi connectivity index (χ2v) is 1.93. The van der Waals surface area contributed by atoms with Crippen molar-refractivity contribution < 1.29 is 9.53 Å². The van der Waals surface area contributed by atoms with Gasteiger partial charge in [-0.25, -0.2) is 0 Å². The summed E-state index contributed by atoms with van der Waals surface area (Å²) < 4.78 is 4.61. The first-order valence-electron chi connectivity index (χ1n) is 2.56. The Balaban J connectivity index is 0.000000291. The van der Waals surface area contributed by atoms with E-state index in [0.29, 0.717) is 0 Å². The van der Waals surface area contributed by atoms with Crippen molar-refractivity contribution >= 4 is 43.2 Å². The molecule has 0 N–H and O–H groups in total. The van der Waals surface area contributed by atoms with Gasteiger partial charge in [-0.05, 0) is 13.8 Å². The van der Waals surface area contributed by atoms with Crippen LogP contribution in [-0.4, -0.2) is 12.1 Å². The molecule has 2 nitrogen and oxygen atoms in total. The zero-order valence-corrected chi connectivity index (χ0v) is 9.54. The van der Waals surface area contributed by atoms with Crippen molar-refractivity contribution in [2.75, 3.05) is 0 Å². The molecule has 9 heavy (non-hydrogen) atoms. The highest BCUT2D eigenvalue weighted by atomic mass is 128. The fourth-order valence-electron chi connectivity index (χ4n) is 0.512. The minimum absolute atomic E-state index is 0.0625. The molecule has 0 aromatic rings. The van der Waals surface area contributed by atoms with Gasteiger partial charge in [0.2, 0.25) is 0 Å². The smallest absolute Gasteiger partial charge is 0.312 e. The third-order valence-electron chi connectivity index (χ3n) is 1.38. The maximum Gasteiger partial charge on any atom is 0.312 e. The summed E-state index contributed by atoms with van der Waals surface area (Å²) in [6, 6.07) is 0. The number of halogens is 2. The number of carbonyl (C=O) groups excluding carboxylic acids is 1. The van der Waals surface area contributed by atoms with Gasteiger partial charge < -0.3 is 4.74 Å². The minimum atomic E-state index is -0.0625. The summed E-state index contributed by atoms with van der Waals surface area (Å²) in [5.41, 5.74) is 0. The van der Waals surface area contributed by atoms with Gasteiger partial charge >= 0.3 is 5.97 Å². The molecule has 2 atom stereocenters. The Labute approximate surface area is 78.0 Å². The van der Waals surface area contributed by atoms with Crippen molar-refractivity contribution in [3.8, 4) is 0 Å². The van der Waals surface area contributed by atoms with Gasteiger partial charge in [-0.3, -0.25) is 4.79 Å². The number of rotatable bonds is 0. The number of hydrogen-bond acceptors (Lipinski definition) is 2. The number of esters is 1. The van der Waals surface area contributed by atoms with Crippen molar-refractivity contribution in [2.24, 2.45) is 5.92 Å². The Hall–Kier alpha value is 0.930. The van der Waals surface area contributed by atoms with Gasteiger partial charge in [0.1, 0.15) is 6.10 Å². The fourth-order valence-corrected chi connectivity index (χ4v) is 0.512. The van der Waals surface area contributed by atoms with Crippen LogP contribution in [0.15, 0.2) is 0 Å². The van der Waals surface area contributed by atoms with E-state index < -0.39 is 0 Å². The first-order chi connectivity index (χ1) is 4.22. The van der Waals surface area contributed by atoms with Crippen molar-refractivity contribution in [3.05, 3.63) is 0 Å². The van der Waals surface area contributed by atoms with E-state index in [1.54, 1.807) is 0 Å². The van der Waals surface area contributed by atoms with Crippen molar-refractivity contribution in [2.45, 2.75) is 20.0 Å². The van der Waals surface area contributed by atoms with Gasteiger partial charge in [0.05, 0.1) is 5.92 Å². The number of carbonyl (C=O) groups is 1. The molecule has 1 aliphatic rings. The van der Waals surface area contributed by atoms with Crippen molar-refractivity contribution in [3.63, 3.8) is 0 Å². The molecular formula is C5H8I2O2. The quantitative estimate of drug-likeness (QED) is 0.493. The Morgan fingerprint density at radius 2 is 1.89 bits per heavy atom. The highest BCUT2D eigenvalue weighted by Gasteiger charge is 2.34. The highest BCUT2D eigenvalue weighted by molar-refractivity contribution is 15.0. The van der Waals surface area contributed by atoms with E-state index in [4.69, 9.17) is 0 Å². The van der Waals surface area contributed by atoms with E-state index in [9.17, 15) is 4.79 Å². The molecule has 0 bridgehead atoms. The molecule has 0 aliphatic carbocycles. The van der Waals surface area contributed by atoms with E-state index >= 15 is 0 Å². The van der Waals surface area contributed by atoms with Crippen LogP contribution in [0.3, 0.4) is 0 Å². The number of hydrogen-bond donors (Lipinski definition) is 0. The number of ether oxygens (including phenoxy) is 1. The normalized spacial score (nSPS) is 31.3. The molecule has 0 radical (unpaired) electrons. The molecule has 1 fully saturated rings. The first kappa shape index (κ1) is 9.93. The lowest BCUT2D eigenvalue weighted by Gasteiger charge is -2.28. The fraction of sp³-hybridized carbons (Fsp3) is 0.800. The summed E-state index contributed by atoms with van der Waals surface area (Å²) >= 11 is 4.24. The van der Waals surface area contributed by atoms with E-state index in [2.05, 4.69) is 42.0 Å². The topological polar surface area (TPSA) is 26.3 Å². The van der Waals surface area contributed by atoms with Crippen molar-refractivity contribution in [1.29, 1.82) is 0 Å². The maximum absolute atomic E-state index is 10.2. The van der Waals surface area contributed by atoms with Crippen molar-refractivity contribution in [1.82, 2.24) is 0 Å². The Morgan fingerprint density at radius 1 is 1.44 bits per heavy atom. The molecule has 0 saturated carbocycles. The van der Waals surface area contributed by atoms with Crippen LogP contribution in [-0.2, 0) is 9.53 Å². The second kappa shape index (κ2) is 4.70. The summed E-state index contributed by atoms with van der Waals surface area (Å²) in [5.74, 6) is 0.0764. The molecular weight excluding hydrogens is 346 g/mol. The third kappa shape index (κ3) is 2.57. The largest absolute Gasteiger partial charge is 0.461 e. The van der Waals surface area contributed by atoms with Crippen LogP contribution in [0.4, 0.5) is 0 Å². The van der Waals surface area contributed by atoms with Gasteiger partial charge in [0.15, 0.2) is 0 Å². The van der Waals surface area contributed by atoms with Gasteiger partial charge in [0.25, 0.3) is 0 Å². The predicted molar refractivity (Wildman–Crippen MR) is 52.8 cm³/mol. The lowest BCUT2D eigenvalue weighted by molar-refractivity contribution is -0.179. The van der Waals surface area contributed by atoms with Gasteiger partial charge in [0, 0.05) is 37.2 Å². The molecule has 0 aromatic carbocycles. The van der Waals surface area contributed by atoms with Gasteiger partial charge in [-0.2, -0.15) is 0 Å². The average Bonchev–Trinajstić information content (AvgIpc) is 1.93. The lowest BCUT2D eigenvalue weighted by atomic mass is 10.0. The van der Waals surface area contributed by atoms with E-state index in [1.165, 1.54) is 0 Å². The third-order valence-corrected chi connectivity index (χ3v) is 1.38. The van der Waals surface area contributed by atoms with Gasteiger partial charge in [-0.15, -0.1) is 0 Å².